The summed E-state index contributed by atoms with van der Waals surface area (Å²) in [4.78, 5) is 51.3. The smallest absolute Gasteiger partial charge is 0.325 e. The number of methoxy groups -OCH3 is 1. The highest BCUT2D eigenvalue weighted by Gasteiger charge is 2.52. The van der Waals surface area contributed by atoms with Crippen LogP contribution in [0.5, 0.6) is 0 Å². The van der Waals surface area contributed by atoms with Crippen LogP contribution in [0.3, 0.4) is 0 Å². The molecule has 0 saturated carbocycles. The molecule has 0 amide bonds. The van der Waals surface area contributed by atoms with Crippen molar-refractivity contribution < 1.29 is 34.1 Å². The number of carbonyl (C=O) groups is 4. The topological polar surface area (TPSA) is 131 Å². The molecule has 0 fully saturated rings. The molecule has 0 aliphatic heterocycles. The van der Waals surface area contributed by atoms with Crippen LogP contribution >= 0.6 is 0 Å². The van der Waals surface area contributed by atoms with Gasteiger partial charge < -0.3 is 14.9 Å². The highest BCUT2D eigenvalue weighted by Crippen LogP contribution is 2.32. The second-order valence-corrected chi connectivity index (χ2v) is 5.24. The van der Waals surface area contributed by atoms with Gasteiger partial charge in [-0.2, -0.15) is 0 Å². The normalized spacial score (nSPS) is 13.0. The number of Topliss-reactive ketones (excluding diaryl/α,β-unsaturated/α-hetero) is 2. The van der Waals surface area contributed by atoms with Crippen LogP contribution in [-0.4, -0.2) is 52.4 Å². The molecule has 24 heavy (non-hydrogen) atoms. The van der Waals surface area contributed by atoms with Gasteiger partial charge in [-0.25, -0.2) is 0 Å². The number of aliphatic carboxylic acids is 2. The molecule has 0 aliphatic rings. The van der Waals surface area contributed by atoms with E-state index in [1.54, 1.807) is 0 Å². The summed E-state index contributed by atoms with van der Waals surface area (Å²) in [5.41, 5.74) is -2.31. The van der Waals surface area contributed by atoms with Crippen molar-refractivity contribution in [2.75, 3.05) is 13.7 Å². The van der Waals surface area contributed by atoms with Gasteiger partial charge in [-0.05, 0) is 25.0 Å². The lowest BCUT2D eigenvalue weighted by Crippen LogP contribution is -2.48. The van der Waals surface area contributed by atoms with Crippen molar-refractivity contribution in [2.45, 2.75) is 25.7 Å². The largest absolute Gasteiger partial charge is 0.481 e. The fraction of sp³-hybridized carbons (Fsp3) is 0.438. The molecule has 1 unspecified atom stereocenters. The number of ketones is 2. The second-order valence-electron chi connectivity index (χ2n) is 5.24. The van der Waals surface area contributed by atoms with E-state index in [0.29, 0.717) is 0 Å². The second kappa shape index (κ2) is 8.88. The number of carboxylic acid groups (broad SMARTS) is 2. The molecule has 1 aromatic rings. The average molecular weight is 337 g/mol. The first-order chi connectivity index (χ1) is 11.4. The SMILES string of the molecule is COCC(=O)C(CCCCC(=O)O)(C(=O)O)C(=O)c1cccnc1. The number of carbonyl (C=O) groups excluding carboxylic acids is 2. The molecule has 8 heteroatoms. The van der Waals surface area contributed by atoms with E-state index in [1.807, 2.05) is 0 Å². The third-order valence-electron chi connectivity index (χ3n) is 3.62. The van der Waals surface area contributed by atoms with E-state index in [0.717, 1.165) is 0 Å². The van der Waals surface area contributed by atoms with Crippen LogP contribution < -0.4 is 0 Å². The van der Waals surface area contributed by atoms with Gasteiger partial charge in [0, 0.05) is 31.5 Å². The minimum atomic E-state index is -2.31. The molecule has 2 N–H and O–H groups in total. The maximum Gasteiger partial charge on any atom is 0.325 e. The van der Waals surface area contributed by atoms with Crippen LogP contribution in [0.2, 0.25) is 0 Å². The Morgan fingerprint density at radius 2 is 1.92 bits per heavy atom. The van der Waals surface area contributed by atoms with E-state index in [2.05, 4.69) is 4.98 Å². The molecule has 0 bridgehead atoms. The number of ether oxygens (including phenoxy) is 1. The third kappa shape index (κ3) is 4.45. The van der Waals surface area contributed by atoms with Gasteiger partial charge in [-0.3, -0.25) is 24.2 Å². The monoisotopic (exact) mass is 337 g/mol. The summed E-state index contributed by atoms with van der Waals surface area (Å²) >= 11 is 0. The summed E-state index contributed by atoms with van der Waals surface area (Å²) in [5.74, 6) is -4.35. The molecule has 0 aliphatic carbocycles. The van der Waals surface area contributed by atoms with E-state index >= 15 is 0 Å². The van der Waals surface area contributed by atoms with Gasteiger partial charge in [0.1, 0.15) is 6.61 Å². The van der Waals surface area contributed by atoms with E-state index in [9.17, 15) is 24.3 Å². The van der Waals surface area contributed by atoms with Crippen molar-refractivity contribution in [3.8, 4) is 0 Å². The van der Waals surface area contributed by atoms with Gasteiger partial charge in [0.25, 0.3) is 0 Å². The number of aromatic nitrogens is 1. The van der Waals surface area contributed by atoms with Crippen molar-refractivity contribution in [1.82, 2.24) is 4.98 Å². The van der Waals surface area contributed by atoms with Crippen molar-refractivity contribution in [2.24, 2.45) is 5.41 Å². The average Bonchev–Trinajstić information content (AvgIpc) is 2.55. The summed E-state index contributed by atoms with van der Waals surface area (Å²) < 4.78 is 4.72. The minimum Gasteiger partial charge on any atom is -0.481 e. The zero-order valence-electron chi connectivity index (χ0n) is 13.2. The highest BCUT2D eigenvalue weighted by molar-refractivity contribution is 6.27. The fourth-order valence-corrected chi connectivity index (χ4v) is 2.37. The van der Waals surface area contributed by atoms with Gasteiger partial charge in [-0.1, -0.05) is 6.42 Å². The number of hydrogen-bond acceptors (Lipinski definition) is 6. The number of rotatable bonds is 11. The molecule has 1 atom stereocenters. The standard InChI is InChI=1S/C16H19NO7/c1-24-10-12(18)16(15(22)23,7-3-2-6-13(19)20)14(21)11-5-4-8-17-9-11/h4-5,8-9H,2-3,6-7,10H2,1H3,(H,19,20)(H,22,23). The van der Waals surface area contributed by atoms with Crippen LogP contribution in [-0.2, 0) is 19.1 Å². The Morgan fingerprint density at radius 1 is 1.21 bits per heavy atom. The van der Waals surface area contributed by atoms with E-state index < -0.39 is 35.5 Å². The minimum absolute atomic E-state index is 0.00240. The Morgan fingerprint density at radius 3 is 2.42 bits per heavy atom. The van der Waals surface area contributed by atoms with Crippen molar-refractivity contribution in [1.29, 1.82) is 0 Å². The lowest BCUT2D eigenvalue weighted by molar-refractivity contribution is -0.153. The van der Waals surface area contributed by atoms with Gasteiger partial charge in [0.2, 0.25) is 0 Å². The Balaban J connectivity index is 3.16. The van der Waals surface area contributed by atoms with E-state index in [-0.39, 0.29) is 31.2 Å². The van der Waals surface area contributed by atoms with Crippen LogP contribution in [0.1, 0.15) is 36.0 Å². The number of nitrogens with zero attached hydrogens (tertiary/aromatic N) is 1. The summed E-state index contributed by atoms with van der Waals surface area (Å²) in [6.07, 6.45) is 2.40. The molecule has 8 nitrogen and oxygen atoms in total. The summed E-state index contributed by atoms with van der Waals surface area (Å²) in [6.45, 7) is -0.531. The van der Waals surface area contributed by atoms with Gasteiger partial charge in [0.15, 0.2) is 17.0 Å². The zero-order chi connectivity index (χ0) is 18.2. The quantitative estimate of drug-likeness (QED) is 0.350. The number of unbranched alkanes of at least 4 members (excludes halogenated alkanes) is 1. The maximum atomic E-state index is 12.7. The molecule has 1 heterocycles. The summed E-state index contributed by atoms with van der Waals surface area (Å²) in [5, 5.41) is 18.3. The first-order valence-corrected chi connectivity index (χ1v) is 7.28. The molecule has 1 rings (SSSR count). The lowest BCUT2D eigenvalue weighted by atomic mass is 9.73. The van der Waals surface area contributed by atoms with Crippen LogP contribution in [0.15, 0.2) is 24.5 Å². The fourth-order valence-electron chi connectivity index (χ4n) is 2.37. The van der Waals surface area contributed by atoms with Crippen molar-refractivity contribution in [3.63, 3.8) is 0 Å². The number of carboxylic acids is 2. The van der Waals surface area contributed by atoms with Gasteiger partial charge in [0.05, 0.1) is 0 Å². The Labute approximate surface area is 138 Å². The predicted molar refractivity (Wildman–Crippen MR) is 81.6 cm³/mol. The van der Waals surface area contributed by atoms with Crippen molar-refractivity contribution in [3.05, 3.63) is 30.1 Å². The van der Waals surface area contributed by atoms with Gasteiger partial charge in [-0.15, -0.1) is 0 Å². The Kier molecular flexibility index (Phi) is 7.19. The number of pyridine rings is 1. The molecule has 0 saturated heterocycles. The Bertz CT molecular complexity index is 614. The van der Waals surface area contributed by atoms with Crippen molar-refractivity contribution >= 4 is 23.5 Å². The van der Waals surface area contributed by atoms with E-state index in [4.69, 9.17) is 9.84 Å². The molecular weight excluding hydrogens is 318 g/mol. The molecule has 0 radical (unpaired) electrons. The first kappa shape index (κ1) is 19.4. The molecular formula is C16H19NO7. The molecule has 0 spiro atoms. The van der Waals surface area contributed by atoms with E-state index in [1.165, 1.54) is 31.6 Å². The summed E-state index contributed by atoms with van der Waals surface area (Å²) in [6, 6.07) is 2.84. The highest BCUT2D eigenvalue weighted by atomic mass is 16.5. The van der Waals surface area contributed by atoms with Crippen LogP contribution in [0.25, 0.3) is 0 Å². The zero-order valence-corrected chi connectivity index (χ0v) is 13.2. The Hall–Kier alpha value is -2.61. The predicted octanol–water partition coefficient (Wildman–Crippen LogP) is 1.20. The number of hydrogen-bond donors (Lipinski definition) is 2. The first-order valence-electron chi connectivity index (χ1n) is 7.28. The maximum absolute atomic E-state index is 12.7. The molecule has 1 aromatic heterocycles. The van der Waals surface area contributed by atoms with Crippen LogP contribution in [0, 0.1) is 5.41 Å². The van der Waals surface area contributed by atoms with Gasteiger partial charge >= 0.3 is 11.9 Å². The molecule has 130 valence electrons. The van der Waals surface area contributed by atoms with Crippen LogP contribution in [0.4, 0.5) is 0 Å². The third-order valence-corrected chi connectivity index (χ3v) is 3.62. The lowest BCUT2D eigenvalue weighted by Gasteiger charge is -2.26. The molecule has 0 aromatic carbocycles. The summed E-state index contributed by atoms with van der Waals surface area (Å²) in [7, 11) is 1.23.